The largest absolute Gasteiger partial charge is 0.462 e. The molecule has 0 fully saturated rings. The van der Waals surface area contributed by atoms with E-state index in [0.29, 0.717) is 36.7 Å². The van der Waals surface area contributed by atoms with E-state index in [-0.39, 0.29) is 17.7 Å². The Morgan fingerprint density at radius 3 is 2.94 bits per heavy atom. The first-order chi connectivity index (χ1) is 15.0. The van der Waals surface area contributed by atoms with Gasteiger partial charge in [-0.05, 0) is 55.8 Å². The van der Waals surface area contributed by atoms with E-state index in [1.807, 2.05) is 12.1 Å². The van der Waals surface area contributed by atoms with E-state index in [0.717, 1.165) is 41.7 Å². The molecule has 0 radical (unpaired) electrons. The number of hydrogen-bond acceptors (Lipinski definition) is 6. The Kier molecular flexibility index (Phi) is 6.36. The van der Waals surface area contributed by atoms with Crippen LogP contribution in [0.4, 0.5) is 10.5 Å². The third-order valence-electron chi connectivity index (χ3n) is 5.11. The second-order valence-corrected chi connectivity index (χ2v) is 8.43. The van der Waals surface area contributed by atoms with Crippen molar-refractivity contribution >= 4 is 39.1 Å². The fourth-order valence-corrected chi connectivity index (χ4v) is 4.56. The number of rotatable bonds is 7. The van der Waals surface area contributed by atoms with Crippen LogP contribution in [0, 0.1) is 0 Å². The van der Waals surface area contributed by atoms with E-state index in [4.69, 9.17) is 4.74 Å². The molecule has 0 saturated heterocycles. The Hall–Kier alpha value is -3.14. The third kappa shape index (κ3) is 4.79. The van der Waals surface area contributed by atoms with E-state index >= 15 is 0 Å². The van der Waals surface area contributed by atoms with Crippen molar-refractivity contribution in [2.24, 2.45) is 0 Å². The number of fused-ring (bicyclic) bond motifs is 2. The summed E-state index contributed by atoms with van der Waals surface area (Å²) in [6.45, 7) is 3.74. The first-order valence-corrected chi connectivity index (χ1v) is 11.3. The lowest BCUT2D eigenvalue weighted by Crippen LogP contribution is -2.31. The summed E-state index contributed by atoms with van der Waals surface area (Å²) in [7, 11) is 0. The molecule has 2 amide bonds. The second kappa shape index (κ2) is 9.34. The topological polar surface area (TPSA) is 107 Å². The molecule has 0 saturated carbocycles. The molecular weight excluding hydrogens is 418 g/mol. The van der Waals surface area contributed by atoms with Gasteiger partial charge >= 0.3 is 17.7 Å². The molecule has 31 heavy (non-hydrogen) atoms. The highest BCUT2D eigenvalue weighted by Gasteiger charge is 2.16. The minimum atomic E-state index is -0.339. The van der Waals surface area contributed by atoms with Crippen LogP contribution in [0.15, 0.2) is 29.1 Å². The molecule has 9 nitrogen and oxygen atoms in total. The first-order valence-electron chi connectivity index (χ1n) is 10.5. The minimum absolute atomic E-state index is 0.0644. The van der Waals surface area contributed by atoms with Crippen LogP contribution in [-0.4, -0.2) is 39.5 Å². The Morgan fingerprint density at radius 1 is 1.26 bits per heavy atom. The molecular formula is C21H25N5O4S. The summed E-state index contributed by atoms with van der Waals surface area (Å²) in [6, 6.07) is 6.93. The quantitative estimate of drug-likeness (QED) is 0.431. The maximum absolute atomic E-state index is 12.3. The fraction of sp³-hybridized carbons (Fsp3) is 0.429. The number of esters is 1. The summed E-state index contributed by atoms with van der Waals surface area (Å²) >= 11 is 1.36. The van der Waals surface area contributed by atoms with Gasteiger partial charge in [-0.2, -0.15) is 5.10 Å². The molecule has 0 atom stereocenters. The first kappa shape index (κ1) is 21.1. The number of carbonyl (C=O) groups is 2. The number of anilines is 1. The van der Waals surface area contributed by atoms with Crippen molar-refractivity contribution < 1.29 is 14.3 Å². The summed E-state index contributed by atoms with van der Waals surface area (Å²) in [6.07, 6.45) is 3.54. The zero-order valence-corrected chi connectivity index (χ0v) is 18.2. The van der Waals surface area contributed by atoms with E-state index < -0.39 is 0 Å². The maximum Gasteiger partial charge on any atom is 0.348 e. The molecule has 0 bridgehead atoms. The number of nitrogens with zero attached hydrogens (tertiary/aromatic N) is 3. The van der Waals surface area contributed by atoms with E-state index in [2.05, 4.69) is 15.7 Å². The smallest absolute Gasteiger partial charge is 0.348 e. The number of aromatic nitrogens is 3. The average Bonchev–Trinajstić information content (AvgIpc) is 3.32. The fourth-order valence-electron chi connectivity index (χ4n) is 3.62. The van der Waals surface area contributed by atoms with Gasteiger partial charge in [0.1, 0.15) is 10.7 Å². The highest BCUT2D eigenvalue weighted by atomic mass is 32.1. The van der Waals surface area contributed by atoms with Crippen LogP contribution in [0.5, 0.6) is 0 Å². The lowest BCUT2D eigenvalue weighted by atomic mass is 10.2. The summed E-state index contributed by atoms with van der Waals surface area (Å²) in [5, 5.41) is 10.9. The lowest BCUT2D eigenvalue weighted by Gasteiger charge is -2.09. The maximum atomic E-state index is 12.3. The molecule has 1 aliphatic rings. The number of carbonyl (C=O) groups excluding carboxylic acids is 2. The van der Waals surface area contributed by atoms with Crippen LogP contribution in [-0.2, 0) is 24.2 Å². The van der Waals surface area contributed by atoms with Gasteiger partial charge in [-0.3, -0.25) is 4.57 Å². The van der Waals surface area contributed by atoms with Gasteiger partial charge in [-0.1, -0.05) is 0 Å². The van der Waals surface area contributed by atoms with Gasteiger partial charge in [0, 0.05) is 36.4 Å². The Morgan fingerprint density at radius 2 is 2.13 bits per heavy atom. The van der Waals surface area contributed by atoms with Crippen molar-refractivity contribution in [2.75, 3.05) is 18.5 Å². The van der Waals surface area contributed by atoms with Crippen LogP contribution < -0.4 is 16.3 Å². The van der Waals surface area contributed by atoms with Gasteiger partial charge in [0.15, 0.2) is 0 Å². The highest BCUT2D eigenvalue weighted by Crippen LogP contribution is 2.28. The van der Waals surface area contributed by atoms with E-state index in [1.165, 1.54) is 16.0 Å². The Bertz CT molecular complexity index is 1160. The predicted octanol–water partition coefficient (Wildman–Crippen LogP) is 2.98. The van der Waals surface area contributed by atoms with Crippen LogP contribution in [0.3, 0.4) is 0 Å². The summed E-state index contributed by atoms with van der Waals surface area (Å²) in [5.41, 5.74) is 0.571. The van der Waals surface area contributed by atoms with Gasteiger partial charge in [0.05, 0.1) is 6.61 Å². The molecule has 1 aromatic carbocycles. The predicted molar refractivity (Wildman–Crippen MR) is 119 cm³/mol. The van der Waals surface area contributed by atoms with E-state index in [1.54, 1.807) is 23.6 Å². The van der Waals surface area contributed by atoms with Crippen molar-refractivity contribution in [1.29, 1.82) is 0 Å². The molecule has 1 aliphatic heterocycles. The molecule has 0 unspecified atom stereocenters. The molecule has 2 N–H and O–H groups in total. The molecule has 3 aromatic rings. The Labute approximate surface area is 183 Å². The highest BCUT2D eigenvalue weighted by molar-refractivity contribution is 7.20. The third-order valence-corrected chi connectivity index (χ3v) is 6.21. The van der Waals surface area contributed by atoms with Crippen molar-refractivity contribution in [3.63, 3.8) is 0 Å². The van der Waals surface area contributed by atoms with Gasteiger partial charge in [-0.15, -0.1) is 11.3 Å². The van der Waals surface area contributed by atoms with Crippen molar-refractivity contribution in [1.82, 2.24) is 19.7 Å². The number of thiophene rings is 1. The number of aryl methyl sites for hydroxylation is 2. The van der Waals surface area contributed by atoms with Crippen LogP contribution in [0.25, 0.3) is 10.1 Å². The monoisotopic (exact) mass is 443 g/mol. The van der Waals surface area contributed by atoms with Crippen LogP contribution in [0.1, 0.15) is 41.7 Å². The number of ether oxygens (including phenoxy) is 1. The Balaban J connectivity index is 1.28. The molecule has 10 heteroatoms. The van der Waals surface area contributed by atoms with Gasteiger partial charge in [0.25, 0.3) is 0 Å². The molecule has 2 aromatic heterocycles. The normalized spacial score (nSPS) is 13.1. The standard InChI is InChI=1S/C21H25N5O4S/c1-2-30-19(27)17-13-14-12-15(7-8-16(14)31-17)23-20(28)22-9-5-11-26-21(29)25-10-4-3-6-18(25)24-26/h7-8,12-13H,2-6,9-11H2,1H3,(H2,22,23,28). The van der Waals surface area contributed by atoms with Gasteiger partial charge < -0.3 is 15.4 Å². The zero-order chi connectivity index (χ0) is 21.8. The minimum Gasteiger partial charge on any atom is -0.462 e. The molecule has 0 spiro atoms. The number of nitrogens with one attached hydrogen (secondary N) is 2. The second-order valence-electron chi connectivity index (χ2n) is 7.35. The van der Waals surface area contributed by atoms with E-state index in [9.17, 15) is 14.4 Å². The van der Waals surface area contributed by atoms with Crippen LogP contribution >= 0.6 is 11.3 Å². The summed E-state index contributed by atoms with van der Waals surface area (Å²) in [5.74, 6) is 0.519. The van der Waals surface area contributed by atoms with Crippen molar-refractivity contribution in [2.45, 2.75) is 45.7 Å². The summed E-state index contributed by atoms with van der Waals surface area (Å²) in [4.78, 5) is 36.9. The number of hydrogen-bond donors (Lipinski definition) is 2. The summed E-state index contributed by atoms with van der Waals surface area (Å²) < 4.78 is 9.22. The van der Waals surface area contributed by atoms with Gasteiger partial charge in [0.2, 0.25) is 0 Å². The molecule has 0 aliphatic carbocycles. The SMILES string of the molecule is CCOC(=O)c1cc2cc(NC(=O)NCCCn3nc4n(c3=O)CCCC4)ccc2s1. The van der Waals surface area contributed by atoms with Crippen molar-refractivity contribution in [3.05, 3.63) is 45.5 Å². The molecule has 4 rings (SSSR count). The number of benzene rings is 1. The molecule has 164 valence electrons. The van der Waals surface area contributed by atoms with Crippen LogP contribution in [0.2, 0.25) is 0 Å². The average molecular weight is 444 g/mol. The molecule has 3 heterocycles. The zero-order valence-electron chi connectivity index (χ0n) is 17.3. The van der Waals surface area contributed by atoms with Crippen molar-refractivity contribution in [3.8, 4) is 0 Å². The van der Waals surface area contributed by atoms with Gasteiger partial charge in [-0.25, -0.2) is 19.1 Å². The number of urea groups is 1. The number of amides is 2. The lowest BCUT2D eigenvalue weighted by molar-refractivity contribution is 0.0532.